The van der Waals surface area contributed by atoms with Crippen LogP contribution in [-0.4, -0.2) is 47.1 Å². The van der Waals surface area contributed by atoms with Gasteiger partial charge in [0.15, 0.2) is 5.17 Å². The zero-order chi connectivity index (χ0) is 22.6. The Morgan fingerprint density at radius 1 is 0.818 bits per heavy atom. The lowest BCUT2D eigenvalue weighted by Gasteiger charge is -2.40. The average Bonchev–Trinajstić information content (AvgIpc) is 3.23. The van der Waals surface area contributed by atoms with Crippen LogP contribution in [0.2, 0.25) is 5.02 Å². The summed E-state index contributed by atoms with van der Waals surface area (Å²) in [4.78, 5) is 22.2. The number of aliphatic imine (C=N–C) groups is 1. The molecule has 0 N–H and O–H groups in total. The third kappa shape index (κ3) is 4.91. The molecule has 33 heavy (non-hydrogen) atoms. The van der Waals surface area contributed by atoms with Crippen molar-refractivity contribution in [2.24, 2.45) is 4.99 Å². The summed E-state index contributed by atoms with van der Waals surface area (Å²) < 4.78 is 0. The van der Waals surface area contributed by atoms with Crippen molar-refractivity contribution in [3.63, 3.8) is 0 Å². The number of benzene rings is 3. The van der Waals surface area contributed by atoms with Gasteiger partial charge in [-0.15, -0.1) is 0 Å². The van der Waals surface area contributed by atoms with Gasteiger partial charge in [0.1, 0.15) is 0 Å². The molecule has 4 nitrogen and oxygen atoms in total. The fourth-order valence-corrected chi connectivity index (χ4v) is 5.47. The van der Waals surface area contributed by atoms with Gasteiger partial charge in [-0.2, -0.15) is 4.99 Å². The van der Waals surface area contributed by atoms with Crippen LogP contribution < -0.4 is 0 Å². The number of hydrogen-bond acceptors (Lipinski definition) is 4. The normalized spacial score (nSPS) is 18.2. The zero-order valence-electron chi connectivity index (χ0n) is 18.1. The van der Waals surface area contributed by atoms with Crippen LogP contribution in [0.5, 0.6) is 0 Å². The molecule has 3 aromatic rings. The van der Waals surface area contributed by atoms with Gasteiger partial charge in [-0.25, -0.2) is 0 Å². The van der Waals surface area contributed by atoms with E-state index >= 15 is 0 Å². The van der Waals surface area contributed by atoms with Gasteiger partial charge in [0.25, 0.3) is 5.91 Å². The minimum absolute atomic E-state index is 0.191. The molecule has 6 heteroatoms. The van der Waals surface area contributed by atoms with Crippen molar-refractivity contribution in [3.05, 3.63) is 112 Å². The van der Waals surface area contributed by atoms with Crippen LogP contribution in [0.4, 0.5) is 0 Å². The molecule has 0 aliphatic carbocycles. The lowest BCUT2D eigenvalue weighted by Crippen LogP contribution is -2.49. The first kappa shape index (κ1) is 22.0. The first-order valence-corrected chi connectivity index (χ1v) is 12.2. The Morgan fingerprint density at radius 2 is 1.39 bits per heavy atom. The molecule has 0 spiro atoms. The van der Waals surface area contributed by atoms with Crippen LogP contribution in [0.15, 0.2) is 94.8 Å². The zero-order valence-corrected chi connectivity index (χ0v) is 19.7. The van der Waals surface area contributed by atoms with E-state index in [2.05, 4.69) is 75.5 Å². The van der Waals surface area contributed by atoms with Crippen molar-refractivity contribution in [3.8, 4) is 0 Å². The maximum atomic E-state index is 12.5. The number of thioether (sulfide) groups is 1. The topological polar surface area (TPSA) is 35.9 Å². The molecule has 1 saturated heterocycles. The predicted molar refractivity (Wildman–Crippen MR) is 137 cm³/mol. The van der Waals surface area contributed by atoms with Crippen molar-refractivity contribution in [1.82, 2.24) is 9.80 Å². The molecule has 1 amide bonds. The van der Waals surface area contributed by atoms with Crippen molar-refractivity contribution in [2.75, 3.05) is 26.2 Å². The molecule has 0 radical (unpaired) electrons. The minimum atomic E-state index is -0.191. The summed E-state index contributed by atoms with van der Waals surface area (Å²) in [5, 5.41) is 1.42. The molecule has 0 aromatic heterocycles. The van der Waals surface area contributed by atoms with E-state index in [1.807, 2.05) is 30.3 Å². The summed E-state index contributed by atoms with van der Waals surface area (Å²) in [5.74, 6) is -0.191. The highest BCUT2D eigenvalue weighted by Crippen LogP contribution is 2.34. The molecular weight excluding hydrogens is 450 g/mol. The summed E-state index contributed by atoms with van der Waals surface area (Å²) in [6.07, 6.45) is 1.84. The lowest BCUT2D eigenvalue weighted by molar-refractivity contribution is -0.113. The Balaban J connectivity index is 1.29. The fraction of sp³-hybridized carbons (Fsp3) is 0.185. The van der Waals surface area contributed by atoms with Crippen LogP contribution in [0.3, 0.4) is 0 Å². The van der Waals surface area contributed by atoms with E-state index in [1.165, 1.54) is 22.9 Å². The summed E-state index contributed by atoms with van der Waals surface area (Å²) in [5.41, 5.74) is 3.43. The maximum absolute atomic E-state index is 12.5. The first-order chi connectivity index (χ1) is 16.2. The molecule has 2 aliphatic heterocycles. The van der Waals surface area contributed by atoms with Crippen molar-refractivity contribution >= 4 is 40.5 Å². The summed E-state index contributed by atoms with van der Waals surface area (Å²) in [6, 6.07) is 29.1. The minimum Gasteiger partial charge on any atom is -0.348 e. The van der Waals surface area contributed by atoms with Gasteiger partial charge in [0.05, 0.1) is 10.9 Å². The van der Waals surface area contributed by atoms with Gasteiger partial charge < -0.3 is 4.90 Å². The van der Waals surface area contributed by atoms with E-state index in [0.29, 0.717) is 9.93 Å². The molecule has 0 saturated carbocycles. The van der Waals surface area contributed by atoms with Crippen molar-refractivity contribution in [1.29, 1.82) is 0 Å². The molecule has 5 rings (SSSR count). The number of amidine groups is 1. The molecule has 2 aliphatic rings. The SMILES string of the molecule is O=C1N=C(N2CCN(C(c3ccccc3)c3ccccc3)CC2)S/C1=C/c1ccccc1Cl. The van der Waals surface area contributed by atoms with Crippen LogP contribution in [0.1, 0.15) is 22.7 Å². The van der Waals surface area contributed by atoms with Gasteiger partial charge in [-0.1, -0.05) is 90.5 Å². The highest BCUT2D eigenvalue weighted by Gasteiger charge is 2.31. The summed E-state index contributed by atoms with van der Waals surface area (Å²) in [7, 11) is 0. The number of halogens is 1. The molecule has 166 valence electrons. The summed E-state index contributed by atoms with van der Waals surface area (Å²) in [6.45, 7) is 3.45. The van der Waals surface area contributed by atoms with Crippen molar-refractivity contribution < 1.29 is 4.79 Å². The van der Waals surface area contributed by atoms with Gasteiger partial charge in [-0.3, -0.25) is 9.69 Å². The predicted octanol–water partition coefficient (Wildman–Crippen LogP) is 5.72. The van der Waals surface area contributed by atoms with Gasteiger partial charge >= 0.3 is 0 Å². The summed E-state index contributed by atoms with van der Waals surface area (Å²) >= 11 is 7.71. The quantitative estimate of drug-likeness (QED) is 0.454. The Kier molecular flexibility index (Phi) is 6.63. The maximum Gasteiger partial charge on any atom is 0.286 e. The van der Waals surface area contributed by atoms with E-state index in [9.17, 15) is 4.79 Å². The van der Waals surface area contributed by atoms with E-state index in [-0.39, 0.29) is 11.9 Å². The number of piperazine rings is 1. The standard InChI is InChI=1S/C27H24ClN3OS/c28-23-14-8-7-13-22(23)19-24-26(32)29-27(33-24)31-17-15-30(16-18-31)25(20-9-3-1-4-10-20)21-11-5-2-6-12-21/h1-14,19,25H,15-18H2/b24-19+. The molecule has 0 atom stereocenters. The van der Waals surface area contributed by atoms with Crippen LogP contribution in [-0.2, 0) is 4.79 Å². The second-order valence-corrected chi connectivity index (χ2v) is 9.49. The Labute approximate surface area is 203 Å². The Bertz CT molecular complexity index is 1150. The van der Waals surface area contributed by atoms with E-state index in [4.69, 9.17) is 11.6 Å². The number of carbonyl (C=O) groups is 1. The van der Waals surface area contributed by atoms with Crippen molar-refractivity contribution in [2.45, 2.75) is 6.04 Å². The molecule has 0 unspecified atom stereocenters. The fourth-order valence-electron chi connectivity index (χ4n) is 4.32. The molecule has 3 aromatic carbocycles. The molecule has 0 bridgehead atoms. The molecule has 1 fully saturated rings. The average molecular weight is 474 g/mol. The number of hydrogen-bond donors (Lipinski definition) is 0. The number of rotatable bonds is 4. The monoisotopic (exact) mass is 473 g/mol. The Morgan fingerprint density at radius 3 is 2.00 bits per heavy atom. The van der Waals surface area contributed by atoms with Gasteiger partial charge in [-0.05, 0) is 40.6 Å². The second kappa shape index (κ2) is 9.96. The third-order valence-corrected chi connectivity index (χ3v) is 7.37. The van der Waals surface area contributed by atoms with E-state index in [1.54, 1.807) is 0 Å². The van der Waals surface area contributed by atoms with Crippen LogP contribution >= 0.6 is 23.4 Å². The van der Waals surface area contributed by atoms with Gasteiger partial charge in [0, 0.05) is 31.2 Å². The highest BCUT2D eigenvalue weighted by atomic mass is 35.5. The largest absolute Gasteiger partial charge is 0.348 e. The first-order valence-electron chi connectivity index (χ1n) is 11.0. The molecule has 2 heterocycles. The van der Waals surface area contributed by atoms with Crippen LogP contribution in [0, 0.1) is 0 Å². The smallest absolute Gasteiger partial charge is 0.286 e. The number of nitrogens with zero attached hydrogens (tertiary/aromatic N) is 3. The number of amides is 1. The number of carbonyl (C=O) groups excluding carboxylic acids is 1. The highest BCUT2D eigenvalue weighted by molar-refractivity contribution is 8.18. The Hall–Kier alpha value is -2.86. The van der Waals surface area contributed by atoms with E-state index in [0.717, 1.165) is 36.9 Å². The van der Waals surface area contributed by atoms with Gasteiger partial charge in [0.2, 0.25) is 0 Å². The lowest BCUT2D eigenvalue weighted by atomic mass is 9.96. The van der Waals surface area contributed by atoms with Crippen LogP contribution in [0.25, 0.3) is 6.08 Å². The second-order valence-electron chi connectivity index (χ2n) is 8.08. The van der Waals surface area contributed by atoms with E-state index < -0.39 is 0 Å². The molecular formula is C27H24ClN3OS. The third-order valence-electron chi connectivity index (χ3n) is 5.98.